The second kappa shape index (κ2) is 5.25. The van der Waals surface area contributed by atoms with E-state index in [-0.39, 0.29) is 17.9 Å². The molecule has 1 aromatic rings. The maximum Gasteiger partial charge on any atom is 0.253 e. The molecule has 2 amide bonds. The van der Waals surface area contributed by atoms with Crippen LogP contribution in [0.25, 0.3) is 0 Å². The Balaban J connectivity index is 1.80. The minimum atomic E-state index is 0.0404. The van der Waals surface area contributed by atoms with E-state index in [1.165, 1.54) is 0 Å². The third-order valence-corrected chi connectivity index (χ3v) is 3.99. The lowest BCUT2D eigenvalue weighted by molar-refractivity contribution is -0.116. The van der Waals surface area contributed by atoms with E-state index in [4.69, 9.17) is 5.73 Å². The van der Waals surface area contributed by atoms with Crippen LogP contribution in [0.15, 0.2) is 18.2 Å². The van der Waals surface area contributed by atoms with Crippen LogP contribution >= 0.6 is 0 Å². The normalized spacial score (nSPS) is 22.1. The Morgan fingerprint density at radius 1 is 1.35 bits per heavy atom. The summed E-state index contributed by atoms with van der Waals surface area (Å²) in [4.78, 5) is 25.6. The Morgan fingerprint density at radius 2 is 2.20 bits per heavy atom. The molecule has 2 aliphatic heterocycles. The first kappa shape index (κ1) is 13.1. The van der Waals surface area contributed by atoms with Gasteiger partial charge in [-0.15, -0.1) is 0 Å². The summed E-state index contributed by atoms with van der Waals surface area (Å²) >= 11 is 0. The average Bonchev–Trinajstić information content (AvgIpc) is 2.46. The molecular formula is C15H19N3O2. The van der Waals surface area contributed by atoms with Crippen LogP contribution in [-0.2, 0) is 11.2 Å². The number of anilines is 1. The highest BCUT2D eigenvalue weighted by atomic mass is 16.2. The van der Waals surface area contributed by atoms with Crippen LogP contribution < -0.4 is 11.1 Å². The molecule has 0 radical (unpaired) electrons. The number of amides is 2. The van der Waals surface area contributed by atoms with Crippen LogP contribution in [0.3, 0.4) is 0 Å². The molecule has 106 valence electrons. The summed E-state index contributed by atoms with van der Waals surface area (Å²) < 4.78 is 0. The highest BCUT2D eigenvalue weighted by Crippen LogP contribution is 2.24. The zero-order chi connectivity index (χ0) is 14.1. The number of nitrogens with one attached hydrogen (secondary N) is 1. The zero-order valence-electron chi connectivity index (χ0n) is 11.4. The van der Waals surface area contributed by atoms with Crippen LogP contribution in [0.2, 0.25) is 0 Å². The number of carbonyl (C=O) groups is 2. The van der Waals surface area contributed by atoms with Crippen molar-refractivity contribution < 1.29 is 9.59 Å². The Morgan fingerprint density at radius 3 is 3.00 bits per heavy atom. The molecule has 2 aliphatic rings. The summed E-state index contributed by atoms with van der Waals surface area (Å²) in [5, 5.41) is 2.83. The number of benzene rings is 1. The van der Waals surface area contributed by atoms with E-state index < -0.39 is 0 Å². The predicted octanol–water partition coefficient (Wildman–Crippen LogP) is 1.13. The summed E-state index contributed by atoms with van der Waals surface area (Å²) in [5.74, 6) is 0.0819. The van der Waals surface area contributed by atoms with Gasteiger partial charge in [-0.2, -0.15) is 0 Å². The minimum Gasteiger partial charge on any atom is -0.337 e. The molecule has 20 heavy (non-hydrogen) atoms. The van der Waals surface area contributed by atoms with Gasteiger partial charge in [-0.3, -0.25) is 9.59 Å². The molecule has 0 spiro atoms. The number of nitrogens with two attached hydrogens (primary N) is 1. The quantitative estimate of drug-likeness (QED) is 0.805. The summed E-state index contributed by atoms with van der Waals surface area (Å²) in [6, 6.07) is 5.60. The minimum absolute atomic E-state index is 0.0404. The number of rotatable bonds is 1. The Kier molecular flexibility index (Phi) is 3.44. The van der Waals surface area contributed by atoms with Gasteiger partial charge in [0.1, 0.15) is 0 Å². The molecule has 0 aliphatic carbocycles. The molecule has 1 atom stereocenters. The second-order valence-electron chi connectivity index (χ2n) is 5.57. The second-order valence-corrected chi connectivity index (χ2v) is 5.57. The first-order valence-electron chi connectivity index (χ1n) is 7.11. The summed E-state index contributed by atoms with van der Waals surface area (Å²) in [6.45, 7) is 1.41. The van der Waals surface area contributed by atoms with Crippen LogP contribution in [0.4, 0.5) is 5.69 Å². The molecule has 0 unspecified atom stereocenters. The van der Waals surface area contributed by atoms with Gasteiger partial charge in [-0.25, -0.2) is 0 Å². The lowest BCUT2D eigenvalue weighted by Crippen LogP contribution is -2.45. The smallest absolute Gasteiger partial charge is 0.253 e. The molecule has 1 aromatic carbocycles. The van der Waals surface area contributed by atoms with E-state index in [0.29, 0.717) is 24.9 Å². The van der Waals surface area contributed by atoms with Crippen molar-refractivity contribution in [3.05, 3.63) is 29.3 Å². The van der Waals surface area contributed by atoms with Gasteiger partial charge < -0.3 is 16.0 Å². The molecule has 1 saturated heterocycles. The fourth-order valence-electron chi connectivity index (χ4n) is 2.89. The monoisotopic (exact) mass is 273 g/mol. The van der Waals surface area contributed by atoms with E-state index in [1.807, 2.05) is 17.0 Å². The number of nitrogens with zero attached hydrogens (tertiary/aromatic N) is 1. The summed E-state index contributed by atoms with van der Waals surface area (Å²) in [7, 11) is 0. The van der Waals surface area contributed by atoms with Gasteiger partial charge in [0, 0.05) is 36.8 Å². The first-order valence-corrected chi connectivity index (χ1v) is 7.11. The van der Waals surface area contributed by atoms with E-state index in [9.17, 15) is 9.59 Å². The van der Waals surface area contributed by atoms with Crippen molar-refractivity contribution in [1.29, 1.82) is 0 Å². The van der Waals surface area contributed by atoms with Crippen molar-refractivity contribution in [2.75, 3.05) is 18.4 Å². The molecule has 5 nitrogen and oxygen atoms in total. The number of hydrogen-bond donors (Lipinski definition) is 2. The van der Waals surface area contributed by atoms with Crippen LogP contribution in [0, 0.1) is 0 Å². The van der Waals surface area contributed by atoms with Crippen molar-refractivity contribution in [2.45, 2.75) is 31.7 Å². The van der Waals surface area contributed by atoms with E-state index >= 15 is 0 Å². The predicted molar refractivity (Wildman–Crippen MR) is 76.5 cm³/mol. The van der Waals surface area contributed by atoms with E-state index in [0.717, 1.165) is 30.6 Å². The van der Waals surface area contributed by atoms with Gasteiger partial charge in [-0.05, 0) is 43.0 Å². The maximum atomic E-state index is 12.5. The van der Waals surface area contributed by atoms with E-state index in [1.54, 1.807) is 6.07 Å². The lowest BCUT2D eigenvalue weighted by Gasteiger charge is -2.31. The third kappa shape index (κ3) is 2.54. The Hall–Kier alpha value is -1.88. The zero-order valence-corrected chi connectivity index (χ0v) is 11.4. The Bertz CT molecular complexity index is 556. The Labute approximate surface area is 118 Å². The molecule has 0 bridgehead atoms. The highest BCUT2D eigenvalue weighted by molar-refractivity contribution is 5.98. The van der Waals surface area contributed by atoms with Gasteiger partial charge in [0.15, 0.2) is 0 Å². The lowest BCUT2D eigenvalue weighted by atomic mass is 9.99. The van der Waals surface area contributed by atoms with Gasteiger partial charge in [0.05, 0.1) is 0 Å². The highest BCUT2D eigenvalue weighted by Gasteiger charge is 2.23. The fraction of sp³-hybridized carbons (Fsp3) is 0.467. The molecule has 5 heteroatoms. The molecule has 3 N–H and O–H groups in total. The summed E-state index contributed by atoms with van der Waals surface area (Å²) in [6.07, 6.45) is 3.13. The third-order valence-electron chi connectivity index (χ3n) is 3.99. The van der Waals surface area contributed by atoms with Crippen LogP contribution in [0.5, 0.6) is 0 Å². The van der Waals surface area contributed by atoms with Gasteiger partial charge in [-0.1, -0.05) is 0 Å². The molecular weight excluding hydrogens is 254 g/mol. The van der Waals surface area contributed by atoms with Gasteiger partial charge in [0.2, 0.25) is 5.91 Å². The largest absolute Gasteiger partial charge is 0.337 e. The van der Waals surface area contributed by atoms with Gasteiger partial charge in [0.25, 0.3) is 5.91 Å². The molecule has 1 fully saturated rings. The van der Waals surface area contributed by atoms with Crippen LogP contribution in [-0.4, -0.2) is 35.8 Å². The van der Waals surface area contributed by atoms with Crippen molar-refractivity contribution in [3.8, 4) is 0 Å². The number of likely N-dealkylation sites (tertiary alicyclic amines) is 1. The van der Waals surface area contributed by atoms with Crippen LogP contribution in [0.1, 0.15) is 35.2 Å². The van der Waals surface area contributed by atoms with Crippen molar-refractivity contribution in [3.63, 3.8) is 0 Å². The fourth-order valence-corrected chi connectivity index (χ4v) is 2.89. The van der Waals surface area contributed by atoms with Crippen molar-refractivity contribution >= 4 is 17.5 Å². The first-order chi connectivity index (χ1) is 9.63. The number of piperidine rings is 1. The number of hydrogen-bond acceptors (Lipinski definition) is 3. The molecule has 2 heterocycles. The summed E-state index contributed by atoms with van der Waals surface area (Å²) in [5.41, 5.74) is 8.48. The molecule has 0 saturated carbocycles. The average molecular weight is 273 g/mol. The number of aryl methyl sites for hydroxylation is 1. The number of fused-ring (bicyclic) bond motifs is 1. The van der Waals surface area contributed by atoms with Gasteiger partial charge >= 0.3 is 0 Å². The maximum absolute atomic E-state index is 12.5. The molecule has 3 rings (SSSR count). The standard InChI is InChI=1S/C15H19N3O2/c16-12-2-1-7-18(9-12)15(20)11-3-5-13-10(8-11)4-6-14(19)17-13/h3,5,8,12H,1-2,4,6-7,9,16H2,(H,17,19)/t12-/m1/s1. The topological polar surface area (TPSA) is 75.4 Å². The SMILES string of the molecule is N[C@@H]1CCCN(C(=O)c2ccc3c(c2)CCC(=O)N3)C1. The molecule has 0 aromatic heterocycles. The van der Waals surface area contributed by atoms with E-state index in [2.05, 4.69) is 5.32 Å². The van der Waals surface area contributed by atoms with Crippen molar-refractivity contribution in [2.24, 2.45) is 5.73 Å². The van der Waals surface area contributed by atoms with Crippen molar-refractivity contribution in [1.82, 2.24) is 4.90 Å². The number of carbonyl (C=O) groups excluding carboxylic acids is 2.